The van der Waals surface area contributed by atoms with Gasteiger partial charge < -0.3 is 4.98 Å². The number of nitrogens with zero attached hydrogens (tertiary/aromatic N) is 2. The maximum Gasteiger partial charge on any atom is 0.269 e. The van der Waals surface area contributed by atoms with E-state index in [0.717, 1.165) is 27.9 Å². The Morgan fingerprint density at radius 2 is 1.84 bits per heavy atom. The van der Waals surface area contributed by atoms with Gasteiger partial charge in [0.1, 0.15) is 0 Å². The van der Waals surface area contributed by atoms with E-state index < -0.39 is 0 Å². The molecule has 1 aromatic carbocycles. The van der Waals surface area contributed by atoms with Crippen LogP contribution in [0.3, 0.4) is 0 Å². The van der Waals surface area contributed by atoms with Gasteiger partial charge in [-0.3, -0.25) is 30.4 Å². The highest BCUT2D eigenvalue weighted by molar-refractivity contribution is 6.31. The van der Waals surface area contributed by atoms with Crippen LogP contribution in [0.25, 0.3) is 22.3 Å². The van der Waals surface area contributed by atoms with Crippen LogP contribution < -0.4 is 10.9 Å². The van der Waals surface area contributed by atoms with Gasteiger partial charge >= 0.3 is 0 Å². The number of nitrogens with one attached hydrogen (secondary N) is 3. The molecular weight excluding hydrogens is 414 g/mol. The van der Waals surface area contributed by atoms with Gasteiger partial charge in [0.2, 0.25) is 5.91 Å². The molecule has 156 valence electrons. The number of fused-ring (bicyclic) bond motifs is 1. The van der Waals surface area contributed by atoms with Crippen molar-refractivity contribution in [3.8, 4) is 11.4 Å². The average Bonchev–Trinajstić information content (AvgIpc) is 3.16. The molecule has 0 aliphatic carbocycles. The van der Waals surface area contributed by atoms with Crippen LogP contribution in [0.15, 0.2) is 67.1 Å². The topological polar surface area (TPSA) is 99.8 Å². The van der Waals surface area contributed by atoms with E-state index in [1.807, 2.05) is 36.4 Å². The van der Waals surface area contributed by atoms with Crippen molar-refractivity contribution in [2.75, 3.05) is 0 Å². The number of pyridine rings is 2. The van der Waals surface area contributed by atoms with Gasteiger partial charge in [0.15, 0.2) is 0 Å². The molecule has 3 N–H and O–H groups in total. The molecule has 3 aromatic heterocycles. The van der Waals surface area contributed by atoms with E-state index in [-0.39, 0.29) is 18.2 Å². The van der Waals surface area contributed by atoms with Gasteiger partial charge in [0.25, 0.3) is 5.91 Å². The molecule has 0 unspecified atom stereocenters. The number of carbonyl (C=O) groups excluding carboxylic acids is 2. The molecule has 0 bridgehead atoms. The zero-order valence-corrected chi connectivity index (χ0v) is 17.3. The first kappa shape index (κ1) is 20.6. The minimum absolute atomic E-state index is 0.255. The molecule has 0 aliphatic rings. The third-order valence-electron chi connectivity index (χ3n) is 4.88. The molecule has 8 heteroatoms. The van der Waals surface area contributed by atoms with Gasteiger partial charge in [-0.2, -0.15) is 0 Å². The summed E-state index contributed by atoms with van der Waals surface area (Å²) in [6, 6.07) is 14.6. The quantitative estimate of drug-likeness (QED) is 0.399. The molecule has 31 heavy (non-hydrogen) atoms. The highest BCUT2D eigenvalue weighted by atomic mass is 35.5. The summed E-state index contributed by atoms with van der Waals surface area (Å²) in [5, 5.41) is 1.66. The number of benzene rings is 1. The van der Waals surface area contributed by atoms with Crippen molar-refractivity contribution in [3.63, 3.8) is 0 Å². The van der Waals surface area contributed by atoms with Gasteiger partial charge in [0.05, 0.1) is 11.4 Å². The third-order valence-corrected chi connectivity index (χ3v) is 5.11. The van der Waals surface area contributed by atoms with Crippen molar-refractivity contribution in [2.24, 2.45) is 0 Å². The molecule has 0 saturated heterocycles. The number of rotatable bonds is 6. The summed E-state index contributed by atoms with van der Waals surface area (Å²) in [7, 11) is 0. The average molecular weight is 434 g/mol. The predicted molar refractivity (Wildman–Crippen MR) is 119 cm³/mol. The van der Waals surface area contributed by atoms with Gasteiger partial charge in [0, 0.05) is 46.5 Å². The summed E-state index contributed by atoms with van der Waals surface area (Å²) in [4.78, 5) is 35.9. The minimum Gasteiger partial charge on any atom is -0.353 e. The highest BCUT2D eigenvalue weighted by Crippen LogP contribution is 2.32. The Labute approximate surface area is 183 Å². The molecule has 0 spiro atoms. The van der Waals surface area contributed by atoms with Crippen molar-refractivity contribution in [3.05, 3.63) is 83.3 Å². The van der Waals surface area contributed by atoms with Crippen molar-refractivity contribution in [2.45, 2.75) is 19.3 Å². The van der Waals surface area contributed by atoms with Crippen LogP contribution in [0.5, 0.6) is 0 Å². The number of carbonyl (C=O) groups is 2. The number of hydrazine groups is 1. The maximum atomic E-state index is 12.2. The number of aromatic nitrogens is 3. The zero-order valence-electron chi connectivity index (χ0n) is 16.6. The Hall–Kier alpha value is -3.71. The summed E-state index contributed by atoms with van der Waals surface area (Å²) in [6.45, 7) is 0. The Kier molecular flexibility index (Phi) is 6.24. The lowest BCUT2D eigenvalue weighted by Crippen LogP contribution is -2.41. The third kappa shape index (κ3) is 4.90. The van der Waals surface area contributed by atoms with Crippen LogP contribution in [0.1, 0.15) is 28.8 Å². The fourth-order valence-electron chi connectivity index (χ4n) is 3.40. The normalized spacial score (nSPS) is 10.7. The van der Waals surface area contributed by atoms with E-state index in [1.165, 1.54) is 12.4 Å². The molecule has 7 nitrogen and oxygen atoms in total. The number of H-pyrrole nitrogens is 1. The number of hydrogen-bond donors (Lipinski definition) is 3. The fraction of sp³-hybridized carbons (Fsp3) is 0.130. The van der Waals surface area contributed by atoms with Crippen LogP contribution >= 0.6 is 11.6 Å². The van der Waals surface area contributed by atoms with Crippen molar-refractivity contribution in [1.29, 1.82) is 0 Å². The minimum atomic E-state index is -0.389. The van der Waals surface area contributed by atoms with Crippen LogP contribution in [0.4, 0.5) is 0 Å². The van der Waals surface area contributed by atoms with Crippen LogP contribution in [0, 0.1) is 0 Å². The summed E-state index contributed by atoms with van der Waals surface area (Å²) < 4.78 is 0. The fourth-order valence-corrected chi connectivity index (χ4v) is 3.57. The van der Waals surface area contributed by atoms with E-state index in [9.17, 15) is 9.59 Å². The van der Waals surface area contributed by atoms with E-state index in [4.69, 9.17) is 11.6 Å². The lowest BCUT2D eigenvalue weighted by atomic mass is 10.0. The molecule has 0 saturated carbocycles. The highest BCUT2D eigenvalue weighted by Gasteiger charge is 2.15. The summed E-state index contributed by atoms with van der Waals surface area (Å²) in [5.74, 6) is -0.654. The molecular formula is C23H20ClN5O2. The number of aromatic amines is 1. The molecule has 2 amide bonds. The predicted octanol–water partition coefficient (Wildman–Crippen LogP) is 4.06. The zero-order chi connectivity index (χ0) is 21.6. The first-order valence-corrected chi connectivity index (χ1v) is 10.2. The lowest BCUT2D eigenvalue weighted by molar-refractivity contribution is -0.121. The molecule has 3 heterocycles. The van der Waals surface area contributed by atoms with E-state index in [2.05, 4.69) is 25.8 Å². The maximum absolute atomic E-state index is 12.2. The SMILES string of the molecule is O=C(CCCc1c(-c2ccccn2)[nH]c2ccc(Cl)cc12)NNC(=O)c1ccncc1. The molecule has 4 aromatic rings. The van der Waals surface area contributed by atoms with E-state index in [1.54, 1.807) is 18.3 Å². The smallest absolute Gasteiger partial charge is 0.269 e. The Morgan fingerprint density at radius 3 is 2.61 bits per heavy atom. The van der Waals surface area contributed by atoms with Crippen molar-refractivity contribution in [1.82, 2.24) is 25.8 Å². The number of hydrogen-bond acceptors (Lipinski definition) is 4. The lowest BCUT2D eigenvalue weighted by Gasteiger charge is -2.08. The largest absolute Gasteiger partial charge is 0.353 e. The molecule has 0 atom stereocenters. The number of halogens is 1. The van der Waals surface area contributed by atoms with E-state index in [0.29, 0.717) is 23.4 Å². The molecule has 0 fully saturated rings. The van der Waals surface area contributed by atoms with Crippen LogP contribution in [0.2, 0.25) is 5.02 Å². The number of aryl methyl sites for hydroxylation is 1. The Balaban J connectivity index is 1.42. The van der Waals surface area contributed by atoms with Gasteiger partial charge in [-0.15, -0.1) is 0 Å². The van der Waals surface area contributed by atoms with Crippen LogP contribution in [-0.2, 0) is 11.2 Å². The number of amides is 2. The van der Waals surface area contributed by atoms with Crippen LogP contribution in [-0.4, -0.2) is 26.8 Å². The van der Waals surface area contributed by atoms with Crippen molar-refractivity contribution >= 4 is 34.3 Å². The second kappa shape index (κ2) is 9.40. The molecule has 0 aliphatic heterocycles. The standard InChI is InChI=1S/C23H20ClN5O2/c24-16-7-8-19-18(14-16)17(22(27-19)20-5-1-2-11-26-20)4-3-6-21(30)28-29-23(31)15-9-12-25-13-10-15/h1-2,5,7-14,27H,3-4,6H2,(H,28,30)(H,29,31). The Bertz CT molecular complexity index is 1210. The monoisotopic (exact) mass is 433 g/mol. The first-order valence-electron chi connectivity index (χ1n) is 9.82. The summed E-state index contributed by atoms with van der Waals surface area (Å²) in [5.41, 5.74) is 9.07. The molecule has 0 radical (unpaired) electrons. The second-order valence-electron chi connectivity index (χ2n) is 6.98. The Morgan fingerprint density at radius 1 is 1.00 bits per heavy atom. The van der Waals surface area contributed by atoms with Gasteiger partial charge in [-0.25, -0.2) is 0 Å². The first-order chi connectivity index (χ1) is 15.1. The van der Waals surface area contributed by atoms with E-state index >= 15 is 0 Å². The second-order valence-corrected chi connectivity index (χ2v) is 7.41. The van der Waals surface area contributed by atoms with Gasteiger partial charge in [-0.1, -0.05) is 17.7 Å². The molecule has 4 rings (SSSR count). The van der Waals surface area contributed by atoms with Crippen molar-refractivity contribution < 1.29 is 9.59 Å². The summed E-state index contributed by atoms with van der Waals surface area (Å²) >= 11 is 6.21. The summed E-state index contributed by atoms with van der Waals surface area (Å²) in [6.07, 6.45) is 6.28. The van der Waals surface area contributed by atoms with Gasteiger partial charge in [-0.05, 0) is 60.9 Å².